The molecule has 0 radical (unpaired) electrons. The molecule has 2 aromatic rings. The van der Waals surface area contributed by atoms with Crippen LogP contribution in [0.3, 0.4) is 0 Å². The van der Waals surface area contributed by atoms with Gasteiger partial charge in [0.2, 0.25) is 5.91 Å². The number of sulfone groups is 1. The zero-order valence-electron chi connectivity index (χ0n) is 16.7. The molecular weight excluding hydrogens is 396 g/mol. The minimum atomic E-state index is -3.33. The van der Waals surface area contributed by atoms with E-state index < -0.39 is 15.9 Å². The maximum atomic E-state index is 12.6. The summed E-state index contributed by atoms with van der Waals surface area (Å²) >= 11 is 0. The molecule has 154 valence electrons. The molecule has 7 heteroatoms. The monoisotopic (exact) mass is 424 g/mol. The molecule has 0 spiro atoms. The van der Waals surface area contributed by atoms with Crippen LogP contribution in [0.4, 0.5) is 0 Å². The van der Waals surface area contributed by atoms with E-state index >= 15 is 0 Å². The van der Waals surface area contributed by atoms with Gasteiger partial charge in [-0.25, -0.2) is 8.42 Å². The van der Waals surface area contributed by atoms with Gasteiger partial charge in [-0.3, -0.25) is 4.79 Å². The molecule has 2 aromatic carbocycles. The van der Waals surface area contributed by atoms with Gasteiger partial charge in [-0.15, -0.1) is 12.4 Å². The van der Waals surface area contributed by atoms with Crippen LogP contribution in [0.25, 0.3) is 0 Å². The van der Waals surface area contributed by atoms with Gasteiger partial charge >= 0.3 is 0 Å². The molecule has 0 aliphatic heterocycles. The predicted octanol–water partition coefficient (Wildman–Crippen LogP) is 3.14. The van der Waals surface area contributed by atoms with Crippen LogP contribution >= 0.6 is 12.4 Å². The van der Waals surface area contributed by atoms with Gasteiger partial charge in [-0.05, 0) is 42.3 Å². The van der Waals surface area contributed by atoms with Gasteiger partial charge in [0.05, 0.1) is 10.9 Å². The molecule has 0 bridgehead atoms. The minimum absolute atomic E-state index is 0. The van der Waals surface area contributed by atoms with Crippen LogP contribution in [0.1, 0.15) is 36.6 Å². The van der Waals surface area contributed by atoms with Crippen molar-refractivity contribution in [2.75, 3.05) is 19.8 Å². The Kier molecular flexibility index (Phi) is 9.14. The van der Waals surface area contributed by atoms with Crippen LogP contribution in [0.5, 0.6) is 0 Å². The Bertz CT molecular complexity index is 883. The van der Waals surface area contributed by atoms with E-state index in [1.165, 1.54) is 11.8 Å². The third-order valence-electron chi connectivity index (χ3n) is 4.59. The molecule has 0 saturated carbocycles. The Balaban J connectivity index is 0.00000392. The van der Waals surface area contributed by atoms with E-state index in [1.807, 2.05) is 37.3 Å². The van der Waals surface area contributed by atoms with Crippen molar-refractivity contribution in [1.82, 2.24) is 10.6 Å². The van der Waals surface area contributed by atoms with Crippen LogP contribution in [0.15, 0.2) is 53.4 Å². The third-order valence-corrected chi connectivity index (χ3v) is 5.70. The van der Waals surface area contributed by atoms with E-state index in [1.54, 1.807) is 25.2 Å². The largest absolute Gasteiger partial charge is 0.345 e. The van der Waals surface area contributed by atoms with Crippen molar-refractivity contribution in [2.45, 2.75) is 31.2 Å². The fourth-order valence-electron chi connectivity index (χ4n) is 2.91. The highest BCUT2D eigenvalue weighted by Crippen LogP contribution is 2.25. The van der Waals surface area contributed by atoms with Crippen molar-refractivity contribution in [1.29, 1.82) is 0 Å². The van der Waals surface area contributed by atoms with Gasteiger partial charge in [0.15, 0.2) is 9.84 Å². The van der Waals surface area contributed by atoms with E-state index in [2.05, 4.69) is 17.6 Å². The molecule has 2 atom stereocenters. The van der Waals surface area contributed by atoms with Crippen LogP contribution in [-0.4, -0.2) is 34.2 Å². The van der Waals surface area contributed by atoms with Crippen LogP contribution < -0.4 is 10.6 Å². The highest BCUT2D eigenvalue weighted by molar-refractivity contribution is 7.90. The van der Waals surface area contributed by atoms with E-state index in [9.17, 15) is 13.2 Å². The average Bonchev–Trinajstić information content (AvgIpc) is 2.65. The number of halogens is 1. The van der Waals surface area contributed by atoms with E-state index in [0.717, 1.165) is 17.5 Å². The molecular formula is C21H29ClN2O3S. The lowest BCUT2D eigenvalue weighted by atomic mass is 9.96. The summed E-state index contributed by atoms with van der Waals surface area (Å²) < 4.78 is 23.9. The summed E-state index contributed by atoms with van der Waals surface area (Å²) in [6.45, 7) is 4.51. The minimum Gasteiger partial charge on any atom is -0.345 e. The number of nitrogens with one attached hydrogen (secondary N) is 2. The lowest BCUT2D eigenvalue weighted by Gasteiger charge is -2.23. The first-order chi connectivity index (χ1) is 12.8. The molecule has 2 unspecified atom stereocenters. The molecule has 0 fully saturated rings. The molecule has 0 aromatic heterocycles. The smallest absolute Gasteiger partial charge is 0.224 e. The normalized spacial score (nSPS) is 13.3. The first kappa shape index (κ1) is 24.1. The van der Waals surface area contributed by atoms with Crippen molar-refractivity contribution < 1.29 is 13.2 Å². The summed E-state index contributed by atoms with van der Waals surface area (Å²) in [5, 5.41) is 6.08. The molecule has 2 N–H and O–H groups in total. The second-order valence-electron chi connectivity index (χ2n) is 6.84. The Morgan fingerprint density at radius 1 is 1.07 bits per heavy atom. The van der Waals surface area contributed by atoms with Gasteiger partial charge in [-0.2, -0.15) is 0 Å². The first-order valence-corrected chi connectivity index (χ1v) is 11.0. The van der Waals surface area contributed by atoms with Crippen molar-refractivity contribution in [3.05, 3.63) is 65.2 Å². The first-order valence-electron chi connectivity index (χ1n) is 9.10. The summed E-state index contributed by atoms with van der Waals surface area (Å²) in [4.78, 5) is 12.9. The summed E-state index contributed by atoms with van der Waals surface area (Å²) in [5.41, 5.74) is 2.87. The molecule has 0 aliphatic rings. The summed E-state index contributed by atoms with van der Waals surface area (Å²) in [7, 11) is -1.52. The second kappa shape index (κ2) is 10.6. The van der Waals surface area contributed by atoms with Crippen molar-refractivity contribution in [3.8, 4) is 0 Å². The molecule has 2 rings (SSSR count). The fraction of sp³-hybridized carbons (Fsp3) is 0.381. The standard InChI is InChI=1S/C21H28N2O3S.ClH/c1-5-16-9-11-17(12-10-16)20(23-21(24)15(2)14-22-3)18-7-6-8-19(13-18)27(4,25)26;/h6-13,15,20,22H,5,14H2,1-4H3,(H,23,24);1H. The number of carbonyl (C=O) groups is 1. The SMILES string of the molecule is CCc1ccc(C(NC(=O)C(C)CNC)c2cccc(S(C)(=O)=O)c2)cc1.Cl. The van der Waals surface area contributed by atoms with E-state index in [0.29, 0.717) is 6.54 Å². The average molecular weight is 425 g/mol. The molecule has 0 heterocycles. The molecule has 28 heavy (non-hydrogen) atoms. The van der Waals surface area contributed by atoms with Crippen molar-refractivity contribution >= 4 is 28.2 Å². The number of carbonyl (C=O) groups excluding carboxylic acids is 1. The molecule has 0 saturated heterocycles. The van der Waals surface area contributed by atoms with Crippen LogP contribution in [-0.2, 0) is 21.1 Å². The zero-order chi connectivity index (χ0) is 20.0. The molecule has 1 amide bonds. The predicted molar refractivity (Wildman–Crippen MR) is 116 cm³/mol. The highest BCUT2D eigenvalue weighted by Gasteiger charge is 2.21. The van der Waals surface area contributed by atoms with Gasteiger partial charge in [0.25, 0.3) is 0 Å². The summed E-state index contributed by atoms with van der Waals surface area (Å²) in [6.07, 6.45) is 2.12. The maximum absolute atomic E-state index is 12.6. The van der Waals surface area contributed by atoms with Crippen LogP contribution in [0, 0.1) is 5.92 Å². The number of hydrogen-bond donors (Lipinski definition) is 2. The maximum Gasteiger partial charge on any atom is 0.224 e. The topological polar surface area (TPSA) is 75.3 Å². The van der Waals surface area contributed by atoms with E-state index in [-0.39, 0.29) is 29.1 Å². The summed E-state index contributed by atoms with van der Waals surface area (Å²) in [5.74, 6) is -0.288. The fourth-order valence-corrected chi connectivity index (χ4v) is 3.59. The molecule has 5 nitrogen and oxygen atoms in total. The van der Waals surface area contributed by atoms with Gasteiger partial charge in [-0.1, -0.05) is 50.2 Å². The zero-order valence-corrected chi connectivity index (χ0v) is 18.4. The number of benzene rings is 2. The summed E-state index contributed by atoms with van der Waals surface area (Å²) in [6, 6.07) is 14.4. The van der Waals surface area contributed by atoms with Gasteiger partial charge in [0.1, 0.15) is 0 Å². The lowest BCUT2D eigenvalue weighted by molar-refractivity contribution is -0.124. The number of rotatable bonds is 8. The molecule has 0 aliphatic carbocycles. The lowest BCUT2D eigenvalue weighted by Crippen LogP contribution is -2.37. The Hall–Kier alpha value is -1.89. The second-order valence-corrected chi connectivity index (χ2v) is 8.86. The van der Waals surface area contributed by atoms with Crippen molar-refractivity contribution in [2.24, 2.45) is 5.92 Å². The van der Waals surface area contributed by atoms with E-state index in [4.69, 9.17) is 0 Å². The Morgan fingerprint density at radius 2 is 1.71 bits per heavy atom. The number of aryl methyl sites for hydroxylation is 1. The number of hydrogen-bond acceptors (Lipinski definition) is 4. The quantitative estimate of drug-likeness (QED) is 0.682. The van der Waals surface area contributed by atoms with Gasteiger partial charge in [0, 0.05) is 18.7 Å². The third kappa shape index (κ3) is 6.33. The Morgan fingerprint density at radius 3 is 2.25 bits per heavy atom. The van der Waals surface area contributed by atoms with Crippen molar-refractivity contribution in [3.63, 3.8) is 0 Å². The Labute approximate surface area is 174 Å². The number of amides is 1. The van der Waals surface area contributed by atoms with Gasteiger partial charge < -0.3 is 10.6 Å². The van der Waals surface area contributed by atoms with Crippen LogP contribution in [0.2, 0.25) is 0 Å². The highest BCUT2D eigenvalue weighted by atomic mass is 35.5.